The van der Waals surface area contributed by atoms with Crippen LogP contribution in [-0.2, 0) is 11.3 Å². The minimum absolute atomic E-state index is 0. The molecule has 3 rings (SSSR count). The molecule has 0 atom stereocenters. The highest BCUT2D eigenvalue weighted by atomic mass is 127. The summed E-state index contributed by atoms with van der Waals surface area (Å²) in [5.41, 5.74) is 2.23. The van der Waals surface area contributed by atoms with E-state index in [1.807, 2.05) is 6.07 Å². The van der Waals surface area contributed by atoms with Crippen LogP contribution in [0, 0.1) is 12.8 Å². The summed E-state index contributed by atoms with van der Waals surface area (Å²) in [5.74, 6) is 2.72. The molecule has 1 aromatic carbocycles. The Morgan fingerprint density at radius 1 is 1.27 bits per heavy atom. The van der Waals surface area contributed by atoms with Crippen LogP contribution in [0.4, 0.5) is 0 Å². The lowest BCUT2D eigenvalue weighted by atomic mass is 10.3. The number of rotatable bonds is 9. The van der Waals surface area contributed by atoms with Crippen molar-refractivity contribution in [3.05, 3.63) is 30.1 Å². The Morgan fingerprint density at radius 3 is 2.81 bits per heavy atom. The lowest BCUT2D eigenvalue weighted by molar-refractivity contribution is 0.123. The van der Waals surface area contributed by atoms with Gasteiger partial charge < -0.3 is 19.9 Å². The summed E-state index contributed by atoms with van der Waals surface area (Å²) in [4.78, 5) is 8.88. The predicted molar refractivity (Wildman–Crippen MR) is 117 cm³/mol. The maximum Gasteiger partial charge on any atom is 0.191 e. The molecule has 26 heavy (non-hydrogen) atoms. The van der Waals surface area contributed by atoms with Gasteiger partial charge in [0.2, 0.25) is 0 Å². The van der Waals surface area contributed by atoms with E-state index >= 15 is 0 Å². The molecule has 7 heteroatoms. The minimum Gasteiger partial charge on any atom is -0.381 e. The van der Waals surface area contributed by atoms with Gasteiger partial charge in [0.1, 0.15) is 5.82 Å². The van der Waals surface area contributed by atoms with Crippen LogP contribution in [0.5, 0.6) is 0 Å². The maximum atomic E-state index is 5.65. The molecule has 6 nitrogen and oxygen atoms in total. The average Bonchev–Trinajstić information content (AvgIpc) is 3.39. The normalized spacial score (nSPS) is 14.3. The second-order valence-electron chi connectivity index (χ2n) is 6.60. The first-order valence-corrected chi connectivity index (χ1v) is 9.22. The summed E-state index contributed by atoms with van der Waals surface area (Å²) < 4.78 is 7.88. The van der Waals surface area contributed by atoms with Gasteiger partial charge in [-0.25, -0.2) is 4.98 Å². The van der Waals surface area contributed by atoms with E-state index < -0.39 is 0 Å². The van der Waals surface area contributed by atoms with Crippen molar-refractivity contribution in [3.8, 4) is 0 Å². The van der Waals surface area contributed by atoms with E-state index in [0.29, 0.717) is 0 Å². The van der Waals surface area contributed by atoms with Crippen molar-refractivity contribution in [3.63, 3.8) is 0 Å². The SMILES string of the molecule is CN=C(NCCCOCC1CC1)NCCn1c(C)nc2ccccc21.I. The number of nitrogens with one attached hydrogen (secondary N) is 2. The number of aliphatic imine (C=N–C) groups is 1. The topological polar surface area (TPSA) is 63.5 Å². The molecule has 1 heterocycles. The van der Waals surface area contributed by atoms with E-state index in [1.165, 1.54) is 18.4 Å². The van der Waals surface area contributed by atoms with Crippen molar-refractivity contribution < 1.29 is 4.74 Å². The summed E-state index contributed by atoms with van der Waals surface area (Å²) in [6.07, 6.45) is 3.69. The molecule has 0 saturated heterocycles. The van der Waals surface area contributed by atoms with Gasteiger partial charge in [-0.3, -0.25) is 4.99 Å². The van der Waals surface area contributed by atoms with Crippen LogP contribution < -0.4 is 10.6 Å². The third-order valence-electron chi connectivity index (χ3n) is 4.51. The molecule has 0 radical (unpaired) electrons. The number of halogens is 1. The van der Waals surface area contributed by atoms with Gasteiger partial charge in [-0.15, -0.1) is 24.0 Å². The van der Waals surface area contributed by atoms with Crippen LogP contribution in [-0.4, -0.2) is 48.9 Å². The number of hydrogen-bond acceptors (Lipinski definition) is 3. The molecule has 1 saturated carbocycles. The number of fused-ring (bicyclic) bond motifs is 1. The third kappa shape index (κ3) is 6.12. The zero-order valence-corrected chi connectivity index (χ0v) is 18.0. The van der Waals surface area contributed by atoms with Gasteiger partial charge in [0.15, 0.2) is 5.96 Å². The highest BCUT2D eigenvalue weighted by Gasteiger charge is 2.20. The summed E-state index contributed by atoms with van der Waals surface area (Å²) in [6.45, 7) is 6.34. The molecule has 2 N–H and O–H groups in total. The zero-order chi connectivity index (χ0) is 17.5. The maximum absolute atomic E-state index is 5.65. The molecule has 144 valence electrons. The van der Waals surface area contributed by atoms with Crippen molar-refractivity contribution in [1.82, 2.24) is 20.2 Å². The molecule has 1 aliphatic carbocycles. The highest BCUT2D eigenvalue weighted by molar-refractivity contribution is 14.0. The van der Waals surface area contributed by atoms with Crippen molar-refractivity contribution in [2.24, 2.45) is 10.9 Å². The van der Waals surface area contributed by atoms with Gasteiger partial charge >= 0.3 is 0 Å². The molecule has 0 unspecified atom stereocenters. The van der Waals surface area contributed by atoms with Gasteiger partial charge in [0.25, 0.3) is 0 Å². The summed E-state index contributed by atoms with van der Waals surface area (Å²) in [6, 6.07) is 8.25. The van der Waals surface area contributed by atoms with Gasteiger partial charge in [-0.05, 0) is 44.2 Å². The number of nitrogens with zero attached hydrogens (tertiary/aromatic N) is 3. The van der Waals surface area contributed by atoms with Gasteiger partial charge in [0, 0.05) is 39.9 Å². The van der Waals surface area contributed by atoms with Gasteiger partial charge in [-0.1, -0.05) is 12.1 Å². The van der Waals surface area contributed by atoms with Crippen molar-refractivity contribution >= 4 is 41.0 Å². The van der Waals surface area contributed by atoms with Crippen molar-refractivity contribution in [2.75, 3.05) is 33.4 Å². The predicted octanol–water partition coefficient (Wildman–Crippen LogP) is 2.94. The van der Waals surface area contributed by atoms with Crippen LogP contribution in [0.3, 0.4) is 0 Å². The molecular weight excluding hydrogens is 441 g/mol. The number of ether oxygens (including phenoxy) is 1. The Hall–Kier alpha value is -1.35. The standard InChI is InChI=1S/C19H29N5O.HI/c1-15-23-17-6-3-4-7-18(17)24(15)12-11-22-19(20-2)21-10-5-13-25-14-16-8-9-16;/h3-4,6-7,16H,5,8-14H2,1-2H3,(H2,20,21,22);1H. The van der Waals surface area contributed by atoms with Crippen LogP contribution in [0.25, 0.3) is 11.0 Å². The Balaban J connectivity index is 0.00000243. The second kappa shape index (κ2) is 10.7. The summed E-state index contributed by atoms with van der Waals surface area (Å²) in [5, 5.41) is 6.71. The molecule has 0 spiro atoms. The van der Waals surface area contributed by atoms with Crippen LogP contribution in [0.1, 0.15) is 25.1 Å². The van der Waals surface area contributed by atoms with Gasteiger partial charge in [-0.2, -0.15) is 0 Å². The largest absolute Gasteiger partial charge is 0.381 e. The fourth-order valence-corrected chi connectivity index (χ4v) is 2.90. The first kappa shape index (κ1) is 21.0. The smallest absolute Gasteiger partial charge is 0.191 e. The monoisotopic (exact) mass is 471 g/mol. The quantitative estimate of drug-likeness (QED) is 0.256. The van der Waals surface area contributed by atoms with Crippen LogP contribution >= 0.6 is 24.0 Å². The number of imidazole rings is 1. The van der Waals surface area contributed by atoms with E-state index in [1.54, 1.807) is 7.05 Å². The Morgan fingerprint density at radius 2 is 2.04 bits per heavy atom. The summed E-state index contributed by atoms with van der Waals surface area (Å²) >= 11 is 0. The first-order valence-electron chi connectivity index (χ1n) is 9.22. The van der Waals surface area contributed by atoms with E-state index in [2.05, 4.69) is 50.3 Å². The third-order valence-corrected chi connectivity index (χ3v) is 4.51. The average molecular weight is 471 g/mol. The van der Waals surface area contributed by atoms with E-state index in [9.17, 15) is 0 Å². The second-order valence-corrected chi connectivity index (χ2v) is 6.60. The Kier molecular flexibility index (Phi) is 8.64. The number of hydrogen-bond donors (Lipinski definition) is 2. The molecule has 1 aromatic heterocycles. The molecule has 0 bridgehead atoms. The minimum atomic E-state index is 0. The zero-order valence-electron chi connectivity index (χ0n) is 15.7. The molecule has 0 aliphatic heterocycles. The number of aryl methyl sites for hydroxylation is 1. The number of para-hydroxylation sites is 2. The van der Waals surface area contributed by atoms with Gasteiger partial charge in [0.05, 0.1) is 11.0 Å². The highest BCUT2D eigenvalue weighted by Crippen LogP contribution is 2.28. The van der Waals surface area contributed by atoms with Crippen molar-refractivity contribution in [1.29, 1.82) is 0 Å². The van der Waals surface area contributed by atoms with E-state index in [-0.39, 0.29) is 24.0 Å². The fraction of sp³-hybridized carbons (Fsp3) is 0.579. The lowest BCUT2D eigenvalue weighted by Gasteiger charge is -2.13. The number of guanidine groups is 1. The molecule has 1 fully saturated rings. The van der Waals surface area contributed by atoms with Crippen LogP contribution in [0.15, 0.2) is 29.3 Å². The van der Waals surface area contributed by atoms with E-state index in [0.717, 1.165) is 62.5 Å². The molecule has 0 amide bonds. The number of aromatic nitrogens is 2. The Labute approximate surface area is 172 Å². The summed E-state index contributed by atoms with van der Waals surface area (Å²) in [7, 11) is 1.80. The van der Waals surface area contributed by atoms with E-state index in [4.69, 9.17) is 4.74 Å². The lowest BCUT2D eigenvalue weighted by Crippen LogP contribution is -2.39. The molecular formula is C19H30IN5O. The van der Waals surface area contributed by atoms with Crippen LogP contribution in [0.2, 0.25) is 0 Å². The molecule has 2 aromatic rings. The van der Waals surface area contributed by atoms with Crippen molar-refractivity contribution in [2.45, 2.75) is 32.7 Å². The number of benzene rings is 1. The molecule has 1 aliphatic rings. The first-order chi connectivity index (χ1) is 12.3. The Bertz CT molecular complexity index is 711. The fourth-order valence-electron chi connectivity index (χ4n) is 2.90.